The molecule has 1 N–H and O–H groups in total. The van der Waals surface area contributed by atoms with Crippen molar-refractivity contribution in [3.05, 3.63) is 23.8 Å². The maximum absolute atomic E-state index is 9.85. The van der Waals surface area contributed by atoms with E-state index in [1.807, 2.05) is 0 Å². The van der Waals surface area contributed by atoms with Crippen LogP contribution in [0.15, 0.2) is 18.2 Å². The molecule has 1 aliphatic rings. The number of ether oxygens (including phenoxy) is 1. The van der Waals surface area contributed by atoms with E-state index in [1.165, 1.54) is 5.56 Å². The van der Waals surface area contributed by atoms with Gasteiger partial charge in [-0.05, 0) is 23.6 Å². The van der Waals surface area contributed by atoms with E-state index < -0.39 is 0 Å². The van der Waals surface area contributed by atoms with Gasteiger partial charge in [0.25, 0.3) is 0 Å². The fraction of sp³-hybridized carbons (Fsp3) is 0.600. The zero-order valence-corrected chi connectivity index (χ0v) is 11.7. The van der Waals surface area contributed by atoms with E-state index in [0.717, 1.165) is 18.0 Å². The number of aliphatic hydroxyl groups excluding tert-OH is 1. The summed E-state index contributed by atoms with van der Waals surface area (Å²) in [6.07, 6.45) is -0.237. The van der Waals surface area contributed by atoms with Crippen LogP contribution in [0.2, 0.25) is 0 Å². The van der Waals surface area contributed by atoms with Gasteiger partial charge in [-0.2, -0.15) is 0 Å². The molecule has 2 rings (SSSR count). The van der Waals surface area contributed by atoms with E-state index in [-0.39, 0.29) is 6.10 Å². The van der Waals surface area contributed by atoms with Gasteiger partial charge in [0.2, 0.25) is 0 Å². The normalized spacial score (nSPS) is 23.8. The van der Waals surface area contributed by atoms with Gasteiger partial charge in [-0.1, -0.05) is 26.8 Å². The minimum Gasteiger partial charge on any atom is -0.495 e. The maximum atomic E-state index is 9.85. The summed E-state index contributed by atoms with van der Waals surface area (Å²) in [5.41, 5.74) is 2.37. The summed E-state index contributed by atoms with van der Waals surface area (Å²) in [6.45, 7) is 8.02. The van der Waals surface area contributed by atoms with Gasteiger partial charge >= 0.3 is 0 Å². The summed E-state index contributed by atoms with van der Waals surface area (Å²) in [5, 5.41) is 9.85. The lowest BCUT2D eigenvalue weighted by Gasteiger charge is -2.22. The standard InChI is InChI=1S/C15H23NO2/c1-10(2)12-5-6-13(15(7-12)18-4)16-8-11(3)14(17)9-16/h5-7,10-11,14,17H,8-9H2,1-4H3. The molecule has 0 aromatic heterocycles. The van der Waals surface area contributed by atoms with E-state index in [2.05, 4.69) is 43.9 Å². The summed E-state index contributed by atoms with van der Waals surface area (Å²) in [7, 11) is 1.71. The van der Waals surface area contributed by atoms with Gasteiger partial charge in [-0.3, -0.25) is 0 Å². The van der Waals surface area contributed by atoms with Crippen molar-refractivity contribution in [3.63, 3.8) is 0 Å². The number of anilines is 1. The first-order valence-electron chi connectivity index (χ1n) is 6.64. The molecule has 1 saturated heterocycles. The summed E-state index contributed by atoms with van der Waals surface area (Å²) < 4.78 is 5.50. The average Bonchev–Trinajstić information content (AvgIpc) is 2.68. The van der Waals surface area contributed by atoms with Crippen molar-refractivity contribution in [3.8, 4) is 5.75 Å². The Morgan fingerprint density at radius 2 is 2.06 bits per heavy atom. The third-order valence-electron chi connectivity index (χ3n) is 3.78. The van der Waals surface area contributed by atoms with Crippen LogP contribution in [-0.4, -0.2) is 31.4 Å². The summed E-state index contributed by atoms with van der Waals surface area (Å²) in [4.78, 5) is 2.21. The van der Waals surface area contributed by atoms with Crippen molar-refractivity contribution in [2.24, 2.45) is 5.92 Å². The van der Waals surface area contributed by atoms with Crippen LogP contribution in [0.5, 0.6) is 5.75 Å². The molecule has 0 amide bonds. The first-order chi connectivity index (χ1) is 8.52. The van der Waals surface area contributed by atoms with Crippen molar-refractivity contribution < 1.29 is 9.84 Å². The van der Waals surface area contributed by atoms with Crippen LogP contribution >= 0.6 is 0 Å². The van der Waals surface area contributed by atoms with Crippen LogP contribution < -0.4 is 9.64 Å². The molecular formula is C15H23NO2. The number of hydrogen-bond acceptors (Lipinski definition) is 3. The Morgan fingerprint density at radius 1 is 1.33 bits per heavy atom. The highest BCUT2D eigenvalue weighted by Crippen LogP contribution is 2.34. The molecule has 2 atom stereocenters. The van der Waals surface area contributed by atoms with Crippen LogP contribution in [0.1, 0.15) is 32.3 Å². The van der Waals surface area contributed by atoms with Crippen LogP contribution in [0.25, 0.3) is 0 Å². The molecular weight excluding hydrogens is 226 g/mol. The Bertz CT molecular complexity index is 407. The third kappa shape index (κ3) is 2.46. The number of rotatable bonds is 3. The van der Waals surface area contributed by atoms with E-state index in [1.54, 1.807) is 7.11 Å². The van der Waals surface area contributed by atoms with E-state index in [4.69, 9.17) is 4.74 Å². The second kappa shape index (κ2) is 5.19. The number of aliphatic hydroxyl groups is 1. The molecule has 100 valence electrons. The smallest absolute Gasteiger partial charge is 0.142 e. The monoisotopic (exact) mass is 249 g/mol. The van der Waals surface area contributed by atoms with Crippen molar-refractivity contribution in [2.75, 3.05) is 25.1 Å². The van der Waals surface area contributed by atoms with E-state index in [0.29, 0.717) is 18.4 Å². The lowest BCUT2D eigenvalue weighted by molar-refractivity contribution is 0.157. The number of methoxy groups -OCH3 is 1. The van der Waals surface area contributed by atoms with E-state index >= 15 is 0 Å². The molecule has 3 nitrogen and oxygen atoms in total. The molecule has 2 unspecified atom stereocenters. The third-order valence-corrected chi connectivity index (χ3v) is 3.78. The second-order valence-corrected chi connectivity index (χ2v) is 5.54. The summed E-state index contributed by atoms with van der Waals surface area (Å²) >= 11 is 0. The molecule has 1 aromatic rings. The Kier molecular flexibility index (Phi) is 3.81. The Morgan fingerprint density at radius 3 is 2.56 bits per heavy atom. The van der Waals surface area contributed by atoms with Crippen molar-refractivity contribution in [2.45, 2.75) is 32.8 Å². The highest BCUT2D eigenvalue weighted by Gasteiger charge is 2.29. The maximum Gasteiger partial charge on any atom is 0.142 e. The molecule has 0 aliphatic carbocycles. The van der Waals surface area contributed by atoms with Gasteiger partial charge in [-0.25, -0.2) is 0 Å². The molecule has 0 radical (unpaired) electrons. The summed E-state index contributed by atoms with van der Waals surface area (Å²) in [6, 6.07) is 6.37. The number of β-amino-alcohol motifs (C(OH)–C–C–N with tert-alkyl or cyclic N) is 1. The first-order valence-corrected chi connectivity index (χ1v) is 6.64. The van der Waals surface area contributed by atoms with Crippen molar-refractivity contribution in [1.82, 2.24) is 0 Å². The molecule has 0 bridgehead atoms. The molecule has 1 heterocycles. The van der Waals surface area contributed by atoms with Crippen LogP contribution in [0.3, 0.4) is 0 Å². The number of hydrogen-bond donors (Lipinski definition) is 1. The minimum atomic E-state index is -0.237. The highest BCUT2D eigenvalue weighted by atomic mass is 16.5. The SMILES string of the molecule is COc1cc(C(C)C)ccc1N1CC(C)C(O)C1. The Labute approximate surface area is 109 Å². The average molecular weight is 249 g/mol. The molecule has 3 heteroatoms. The van der Waals surface area contributed by atoms with Crippen LogP contribution in [-0.2, 0) is 0 Å². The molecule has 1 aromatic carbocycles. The Hall–Kier alpha value is -1.22. The fourth-order valence-corrected chi connectivity index (χ4v) is 2.46. The zero-order chi connectivity index (χ0) is 13.3. The van der Waals surface area contributed by atoms with Gasteiger partial charge in [0.15, 0.2) is 0 Å². The largest absolute Gasteiger partial charge is 0.495 e. The first kappa shape index (κ1) is 13.2. The van der Waals surface area contributed by atoms with Crippen molar-refractivity contribution >= 4 is 5.69 Å². The fourth-order valence-electron chi connectivity index (χ4n) is 2.46. The lowest BCUT2D eigenvalue weighted by atomic mass is 10.0. The topological polar surface area (TPSA) is 32.7 Å². The predicted molar refractivity (Wildman–Crippen MR) is 74.5 cm³/mol. The highest BCUT2D eigenvalue weighted by molar-refractivity contribution is 5.61. The predicted octanol–water partition coefficient (Wildman–Crippen LogP) is 2.64. The van der Waals surface area contributed by atoms with Crippen LogP contribution in [0, 0.1) is 5.92 Å². The van der Waals surface area contributed by atoms with E-state index in [9.17, 15) is 5.11 Å². The lowest BCUT2D eigenvalue weighted by Crippen LogP contribution is -2.21. The molecule has 1 aliphatic heterocycles. The number of benzene rings is 1. The van der Waals surface area contributed by atoms with Gasteiger partial charge in [-0.15, -0.1) is 0 Å². The molecule has 0 spiro atoms. The summed E-state index contributed by atoms with van der Waals surface area (Å²) in [5.74, 6) is 1.72. The number of nitrogens with zero attached hydrogens (tertiary/aromatic N) is 1. The van der Waals surface area contributed by atoms with Gasteiger partial charge in [0.05, 0.1) is 18.9 Å². The van der Waals surface area contributed by atoms with Gasteiger partial charge in [0.1, 0.15) is 5.75 Å². The van der Waals surface area contributed by atoms with Gasteiger partial charge < -0.3 is 14.7 Å². The second-order valence-electron chi connectivity index (χ2n) is 5.54. The molecule has 1 fully saturated rings. The van der Waals surface area contributed by atoms with Crippen LogP contribution in [0.4, 0.5) is 5.69 Å². The van der Waals surface area contributed by atoms with Gasteiger partial charge in [0, 0.05) is 19.0 Å². The molecule has 18 heavy (non-hydrogen) atoms. The Balaban J connectivity index is 2.28. The molecule has 0 saturated carbocycles. The quantitative estimate of drug-likeness (QED) is 0.894. The minimum absolute atomic E-state index is 0.237. The zero-order valence-electron chi connectivity index (χ0n) is 11.7. The van der Waals surface area contributed by atoms with Crippen molar-refractivity contribution in [1.29, 1.82) is 0 Å².